The van der Waals surface area contributed by atoms with Crippen molar-refractivity contribution in [3.63, 3.8) is 0 Å². The Hall–Kier alpha value is -3.36. The molecule has 0 aliphatic carbocycles. The van der Waals surface area contributed by atoms with Gasteiger partial charge in [0.25, 0.3) is 11.7 Å². The SMILES string of the molecule is CCCOc1cccc([C@@H]2C(=C(O)c3ccc4c(c3)C[C@@H](C)O4)C(=O)C(=O)N2CCCN2CCOCC2)c1. The molecule has 3 aliphatic rings. The van der Waals surface area contributed by atoms with Crippen LogP contribution in [0.25, 0.3) is 5.76 Å². The Balaban J connectivity index is 1.49. The topological polar surface area (TPSA) is 88.5 Å². The van der Waals surface area contributed by atoms with Gasteiger partial charge in [0.2, 0.25) is 0 Å². The fourth-order valence-corrected chi connectivity index (χ4v) is 5.47. The number of carbonyl (C=O) groups is 2. The van der Waals surface area contributed by atoms with Crippen LogP contribution in [0.1, 0.15) is 49.4 Å². The van der Waals surface area contributed by atoms with Crippen LogP contribution in [0.2, 0.25) is 0 Å². The summed E-state index contributed by atoms with van der Waals surface area (Å²) in [4.78, 5) is 30.7. The van der Waals surface area contributed by atoms with Crippen LogP contribution < -0.4 is 9.47 Å². The predicted octanol–water partition coefficient (Wildman–Crippen LogP) is 3.94. The molecule has 0 unspecified atom stereocenters. The Morgan fingerprint density at radius 3 is 2.71 bits per heavy atom. The Kier molecular flexibility index (Phi) is 8.00. The second kappa shape index (κ2) is 11.6. The van der Waals surface area contributed by atoms with E-state index < -0.39 is 17.7 Å². The highest BCUT2D eigenvalue weighted by atomic mass is 16.5. The number of carbonyl (C=O) groups excluding carboxylic acids is 2. The second-order valence-corrected chi connectivity index (χ2v) is 10.2. The second-order valence-electron chi connectivity index (χ2n) is 10.2. The maximum atomic E-state index is 13.4. The number of rotatable bonds is 9. The van der Waals surface area contributed by atoms with Gasteiger partial charge >= 0.3 is 0 Å². The smallest absolute Gasteiger partial charge is 0.295 e. The Labute approximate surface area is 223 Å². The average molecular weight is 521 g/mol. The first-order valence-electron chi connectivity index (χ1n) is 13.6. The van der Waals surface area contributed by atoms with Crippen molar-refractivity contribution in [2.75, 3.05) is 46.0 Å². The van der Waals surface area contributed by atoms with Gasteiger partial charge in [-0.3, -0.25) is 14.5 Å². The van der Waals surface area contributed by atoms with Crippen LogP contribution >= 0.6 is 0 Å². The number of ketones is 1. The summed E-state index contributed by atoms with van der Waals surface area (Å²) in [7, 11) is 0. The van der Waals surface area contributed by atoms with E-state index in [1.807, 2.05) is 50.2 Å². The summed E-state index contributed by atoms with van der Waals surface area (Å²) in [5, 5.41) is 11.5. The first-order valence-corrected chi connectivity index (χ1v) is 13.6. The molecule has 2 atom stereocenters. The summed E-state index contributed by atoms with van der Waals surface area (Å²) in [6, 6.07) is 12.2. The first kappa shape index (κ1) is 26.3. The van der Waals surface area contributed by atoms with Gasteiger partial charge in [-0.2, -0.15) is 0 Å². The van der Waals surface area contributed by atoms with Crippen LogP contribution in [-0.4, -0.2) is 78.7 Å². The molecule has 2 aromatic carbocycles. The summed E-state index contributed by atoms with van der Waals surface area (Å²) in [6.07, 6.45) is 2.37. The third kappa shape index (κ3) is 5.42. The van der Waals surface area contributed by atoms with Crippen molar-refractivity contribution in [2.24, 2.45) is 0 Å². The molecule has 2 aromatic rings. The van der Waals surface area contributed by atoms with Gasteiger partial charge in [-0.05, 0) is 61.2 Å². The molecule has 0 spiro atoms. The minimum atomic E-state index is -0.701. The molecule has 8 heteroatoms. The van der Waals surface area contributed by atoms with Gasteiger partial charge in [-0.1, -0.05) is 19.1 Å². The normalized spacial score (nSPS) is 22.9. The Morgan fingerprint density at radius 1 is 1.11 bits per heavy atom. The minimum Gasteiger partial charge on any atom is -0.507 e. The number of likely N-dealkylation sites (tertiary alicyclic amines) is 1. The molecule has 5 rings (SSSR count). The number of morpholine rings is 1. The number of aliphatic hydroxyl groups excluding tert-OH is 1. The Bertz CT molecular complexity index is 1220. The van der Waals surface area contributed by atoms with Crippen LogP contribution in [0.4, 0.5) is 0 Å². The third-order valence-electron chi connectivity index (χ3n) is 7.33. The molecule has 202 valence electrons. The number of ether oxygens (including phenoxy) is 3. The quantitative estimate of drug-likeness (QED) is 0.304. The van der Waals surface area contributed by atoms with Gasteiger partial charge in [0.15, 0.2) is 0 Å². The van der Waals surface area contributed by atoms with Gasteiger partial charge < -0.3 is 24.2 Å². The van der Waals surface area contributed by atoms with Gasteiger partial charge in [-0.25, -0.2) is 0 Å². The predicted molar refractivity (Wildman–Crippen MR) is 143 cm³/mol. The van der Waals surface area contributed by atoms with E-state index in [0.717, 1.165) is 49.4 Å². The summed E-state index contributed by atoms with van der Waals surface area (Å²) >= 11 is 0. The Morgan fingerprint density at radius 2 is 1.92 bits per heavy atom. The van der Waals surface area contributed by atoms with Crippen molar-refractivity contribution in [1.29, 1.82) is 0 Å². The third-order valence-corrected chi connectivity index (χ3v) is 7.33. The van der Waals surface area contributed by atoms with Gasteiger partial charge in [0.1, 0.15) is 23.4 Å². The standard InChI is InChI=1S/C30H36N2O6/c1-3-14-37-24-7-4-6-21(19-24)27-26(28(33)22-8-9-25-23(18-22)17-20(2)38-25)29(34)30(35)32(27)11-5-10-31-12-15-36-16-13-31/h4,6-9,18-20,27,33H,3,5,10-17H2,1-2H3/t20-,27-/m1/s1. The van der Waals surface area contributed by atoms with E-state index in [0.29, 0.717) is 44.1 Å². The molecule has 8 nitrogen and oxygen atoms in total. The van der Waals surface area contributed by atoms with Crippen molar-refractivity contribution in [1.82, 2.24) is 9.80 Å². The summed E-state index contributed by atoms with van der Waals surface area (Å²) < 4.78 is 17.1. The molecule has 0 bridgehead atoms. The summed E-state index contributed by atoms with van der Waals surface area (Å²) in [5.74, 6) is 0.0495. The van der Waals surface area contributed by atoms with E-state index in [2.05, 4.69) is 4.90 Å². The van der Waals surface area contributed by atoms with E-state index in [1.54, 1.807) is 11.0 Å². The molecular formula is C30H36N2O6. The van der Waals surface area contributed by atoms with Crippen LogP contribution in [0.5, 0.6) is 11.5 Å². The molecule has 1 N–H and O–H groups in total. The summed E-state index contributed by atoms with van der Waals surface area (Å²) in [5.41, 5.74) is 2.34. The molecule has 0 radical (unpaired) electrons. The number of hydrogen-bond donors (Lipinski definition) is 1. The molecule has 38 heavy (non-hydrogen) atoms. The van der Waals surface area contributed by atoms with E-state index in [-0.39, 0.29) is 17.4 Å². The molecule has 3 aliphatic heterocycles. The number of benzene rings is 2. The van der Waals surface area contributed by atoms with Crippen molar-refractivity contribution >= 4 is 17.4 Å². The minimum absolute atomic E-state index is 0.0605. The highest BCUT2D eigenvalue weighted by molar-refractivity contribution is 6.46. The van der Waals surface area contributed by atoms with Crippen molar-refractivity contribution in [3.8, 4) is 11.5 Å². The number of hydrogen-bond acceptors (Lipinski definition) is 7. The number of Topliss-reactive ketones (excluding diaryl/α,β-unsaturated/α-hetero) is 1. The van der Waals surface area contributed by atoms with Gasteiger partial charge in [0, 0.05) is 38.2 Å². The monoisotopic (exact) mass is 520 g/mol. The molecule has 3 heterocycles. The van der Waals surface area contributed by atoms with E-state index in [9.17, 15) is 14.7 Å². The lowest BCUT2D eigenvalue weighted by molar-refractivity contribution is -0.140. The van der Waals surface area contributed by atoms with Gasteiger partial charge in [-0.15, -0.1) is 0 Å². The van der Waals surface area contributed by atoms with E-state index in [4.69, 9.17) is 14.2 Å². The van der Waals surface area contributed by atoms with Crippen LogP contribution in [0.3, 0.4) is 0 Å². The highest BCUT2D eigenvalue weighted by Gasteiger charge is 2.46. The fraction of sp³-hybridized carbons (Fsp3) is 0.467. The molecular weight excluding hydrogens is 484 g/mol. The molecule has 1 amide bonds. The van der Waals surface area contributed by atoms with Crippen LogP contribution in [-0.2, 0) is 20.7 Å². The fourth-order valence-electron chi connectivity index (χ4n) is 5.47. The van der Waals surface area contributed by atoms with E-state index in [1.165, 1.54) is 0 Å². The zero-order valence-electron chi connectivity index (χ0n) is 22.2. The zero-order chi connectivity index (χ0) is 26.6. The molecule has 0 aromatic heterocycles. The maximum Gasteiger partial charge on any atom is 0.295 e. The van der Waals surface area contributed by atoms with E-state index >= 15 is 0 Å². The number of fused-ring (bicyclic) bond motifs is 1. The van der Waals surface area contributed by atoms with Crippen molar-refractivity contribution < 1.29 is 28.9 Å². The number of amides is 1. The zero-order valence-corrected chi connectivity index (χ0v) is 22.2. The highest BCUT2D eigenvalue weighted by Crippen LogP contribution is 2.41. The van der Waals surface area contributed by atoms with Gasteiger partial charge in [0.05, 0.1) is 31.4 Å². The molecule has 2 fully saturated rings. The lowest BCUT2D eigenvalue weighted by atomic mass is 9.94. The van der Waals surface area contributed by atoms with Crippen LogP contribution in [0.15, 0.2) is 48.0 Å². The lowest BCUT2D eigenvalue weighted by Crippen LogP contribution is -2.38. The maximum absolute atomic E-state index is 13.4. The lowest BCUT2D eigenvalue weighted by Gasteiger charge is -2.29. The van der Waals surface area contributed by atoms with Crippen molar-refractivity contribution in [2.45, 2.75) is 45.3 Å². The average Bonchev–Trinajstić information content (AvgIpc) is 3.43. The molecule has 2 saturated heterocycles. The summed E-state index contributed by atoms with van der Waals surface area (Å²) in [6.45, 7) is 8.95. The van der Waals surface area contributed by atoms with Crippen molar-refractivity contribution in [3.05, 3.63) is 64.7 Å². The largest absolute Gasteiger partial charge is 0.507 e. The molecule has 0 saturated carbocycles. The number of aliphatic hydroxyl groups is 1. The number of nitrogens with zero attached hydrogens (tertiary/aromatic N) is 2. The van der Waals surface area contributed by atoms with Crippen LogP contribution in [0, 0.1) is 0 Å². The first-order chi connectivity index (χ1) is 18.5.